The number of halogens is 2. The Kier molecular flexibility index (Phi) is 5.20. The first kappa shape index (κ1) is 19.0. The summed E-state index contributed by atoms with van der Waals surface area (Å²) in [5.74, 6) is -0.197. The Morgan fingerprint density at radius 1 is 1.14 bits per heavy atom. The van der Waals surface area contributed by atoms with E-state index in [1.54, 1.807) is 18.6 Å². The highest BCUT2D eigenvalue weighted by Gasteiger charge is 2.21. The average molecular weight is 393 g/mol. The lowest BCUT2D eigenvalue weighted by molar-refractivity contribution is 0.553. The van der Waals surface area contributed by atoms with Crippen molar-refractivity contribution < 1.29 is 8.78 Å². The topological polar surface area (TPSA) is 57.7 Å². The fraction of sp³-hybridized carbons (Fsp3) is 0.227. The Balaban J connectivity index is 1.81. The molecule has 3 aromatic heterocycles. The van der Waals surface area contributed by atoms with Gasteiger partial charge in [0.25, 0.3) is 0 Å². The molecule has 29 heavy (non-hydrogen) atoms. The molecule has 0 spiro atoms. The van der Waals surface area contributed by atoms with E-state index < -0.39 is 11.6 Å². The number of benzene rings is 1. The number of nitrogens with zero attached hydrogens (tertiary/aromatic N) is 4. The SMILES string of the molecule is CCCN(c1ccc2nccc(-c3cn[nH]c3)c2n1)[C@H](C)c1cc(F)ccc1F. The van der Waals surface area contributed by atoms with Crippen LogP contribution in [0.15, 0.2) is 55.0 Å². The zero-order valence-corrected chi connectivity index (χ0v) is 16.2. The highest BCUT2D eigenvalue weighted by molar-refractivity contribution is 5.91. The zero-order valence-electron chi connectivity index (χ0n) is 16.2. The van der Waals surface area contributed by atoms with Gasteiger partial charge >= 0.3 is 0 Å². The third-order valence-electron chi connectivity index (χ3n) is 5.01. The van der Waals surface area contributed by atoms with Crippen LogP contribution in [0.5, 0.6) is 0 Å². The molecule has 1 aromatic carbocycles. The molecule has 0 aliphatic carbocycles. The predicted molar refractivity (Wildman–Crippen MR) is 110 cm³/mol. The number of nitrogens with one attached hydrogen (secondary N) is 1. The summed E-state index contributed by atoms with van der Waals surface area (Å²) in [7, 11) is 0. The zero-order chi connectivity index (χ0) is 20.4. The second-order valence-electron chi connectivity index (χ2n) is 6.92. The first-order valence-corrected chi connectivity index (χ1v) is 9.55. The monoisotopic (exact) mass is 393 g/mol. The second kappa shape index (κ2) is 7.95. The lowest BCUT2D eigenvalue weighted by atomic mass is 10.0. The molecule has 1 N–H and O–H groups in total. The van der Waals surface area contributed by atoms with Gasteiger partial charge in [-0.25, -0.2) is 13.8 Å². The molecule has 3 heterocycles. The Bertz CT molecular complexity index is 1130. The van der Waals surface area contributed by atoms with Crippen LogP contribution in [0.1, 0.15) is 31.9 Å². The van der Waals surface area contributed by atoms with Gasteiger partial charge in [-0.1, -0.05) is 6.92 Å². The normalized spacial score (nSPS) is 12.3. The van der Waals surface area contributed by atoms with E-state index in [2.05, 4.69) is 15.2 Å². The summed E-state index contributed by atoms with van der Waals surface area (Å²) in [6.07, 6.45) is 6.11. The van der Waals surface area contributed by atoms with Gasteiger partial charge in [0.1, 0.15) is 17.5 Å². The third-order valence-corrected chi connectivity index (χ3v) is 5.01. The highest BCUT2D eigenvalue weighted by Crippen LogP contribution is 2.31. The lowest BCUT2D eigenvalue weighted by Gasteiger charge is -2.31. The first-order valence-electron chi connectivity index (χ1n) is 9.55. The van der Waals surface area contributed by atoms with Gasteiger partial charge in [-0.05, 0) is 49.7 Å². The smallest absolute Gasteiger partial charge is 0.129 e. The maximum atomic E-state index is 14.4. The van der Waals surface area contributed by atoms with Gasteiger partial charge in [0.2, 0.25) is 0 Å². The Labute approximate surface area is 167 Å². The number of rotatable bonds is 6. The van der Waals surface area contributed by atoms with Gasteiger partial charge in [0.15, 0.2) is 0 Å². The summed E-state index contributed by atoms with van der Waals surface area (Å²) in [5.41, 5.74) is 3.62. The van der Waals surface area contributed by atoms with Gasteiger partial charge in [-0.3, -0.25) is 10.1 Å². The average Bonchev–Trinajstić information content (AvgIpc) is 3.27. The van der Waals surface area contributed by atoms with Crippen LogP contribution in [-0.2, 0) is 0 Å². The van der Waals surface area contributed by atoms with Crippen LogP contribution in [0.2, 0.25) is 0 Å². The van der Waals surface area contributed by atoms with Gasteiger partial charge in [0.05, 0.1) is 23.3 Å². The predicted octanol–water partition coefficient (Wildman–Crippen LogP) is 5.28. The van der Waals surface area contributed by atoms with E-state index in [-0.39, 0.29) is 6.04 Å². The minimum atomic E-state index is -0.456. The Morgan fingerprint density at radius 2 is 2.00 bits per heavy atom. The van der Waals surface area contributed by atoms with E-state index in [0.29, 0.717) is 17.9 Å². The molecular weight excluding hydrogens is 372 g/mol. The molecule has 0 unspecified atom stereocenters. The molecule has 5 nitrogen and oxygen atoms in total. The van der Waals surface area contributed by atoms with Crippen molar-refractivity contribution in [1.29, 1.82) is 0 Å². The number of fused-ring (bicyclic) bond motifs is 1. The number of H-pyrrole nitrogens is 1. The van der Waals surface area contributed by atoms with Crippen molar-refractivity contribution in [2.24, 2.45) is 0 Å². The molecule has 4 aromatic rings. The van der Waals surface area contributed by atoms with Crippen molar-refractivity contribution in [1.82, 2.24) is 20.2 Å². The lowest BCUT2D eigenvalue weighted by Crippen LogP contribution is -2.29. The molecule has 0 saturated carbocycles. The van der Waals surface area contributed by atoms with Crippen molar-refractivity contribution in [2.75, 3.05) is 11.4 Å². The number of aromatic amines is 1. The van der Waals surface area contributed by atoms with E-state index in [1.165, 1.54) is 12.1 Å². The maximum Gasteiger partial charge on any atom is 0.129 e. The van der Waals surface area contributed by atoms with Crippen LogP contribution < -0.4 is 4.90 Å². The van der Waals surface area contributed by atoms with E-state index in [1.807, 2.05) is 36.9 Å². The van der Waals surface area contributed by atoms with E-state index in [4.69, 9.17) is 4.98 Å². The van der Waals surface area contributed by atoms with Crippen molar-refractivity contribution in [3.05, 3.63) is 72.2 Å². The number of pyridine rings is 2. The van der Waals surface area contributed by atoms with E-state index in [9.17, 15) is 8.78 Å². The standard InChI is InChI=1S/C22H21F2N5/c1-3-10-29(14(2)18-11-16(23)4-5-19(18)24)21-7-6-20-22(28-21)17(8-9-25-20)15-12-26-27-13-15/h4-9,11-14H,3,10H2,1-2H3,(H,26,27)/t14-/m1/s1. The van der Waals surface area contributed by atoms with Gasteiger partial charge in [-0.2, -0.15) is 5.10 Å². The summed E-state index contributed by atoms with van der Waals surface area (Å²) < 4.78 is 28.2. The van der Waals surface area contributed by atoms with Crippen molar-refractivity contribution in [2.45, 2.75) is 26.3 Å². The van der Waals surface area contributed by atoms with Crippen LogP contribution >= 0.6 is 0 Å². The highest BCUT2D eigenvalue weighted by atomic mass is 19.1. The molecule has 148 valence electrons. The quantitative estimate of drug-likeness (QED) is 0.484. The van der Waals surface area contributed by atoms with Gasteiger partial charge < -0.3 is 4.90 Å². The van der Waals surface area contributed by atoms with Crippen LogP contribution in [0.4, 0.5) is 14.6 Å². The van der Waals surface area contributed by atoms with Gasteiger partial charge in [-0.15, -0.1) is 0 Å². The second-order valence-corrected chi connectivity index (χ2v) is 6.92. The van der Waals surface area contributed by atoms with Crippen molar-refractivity contribution >= 4 is 16.9 Å². The van der Waals surface area contributed by atoms with Crippen LogP contribution in [0.3, 0.4) is 0 Å². The first-order chi connectivity index (χ1) is 14.1. The Hall–Kier alpha value is -3.35. The minimum Gasteiger partial charge on any atom is -0.350 e. The molecule has 0 radical (unpaired) electrons. The maximum absolute atomic E-state index is 14.4. The molecule has 0 aliphatic rings. The molecule has 0 fully saturated rings. The summed E-state index contributed by atoms with van der Waals surface area (Å²) in [4.78, 5) is 11.2. The molecule has 4 rings (SSSR count). The third kappa shape index (κ3) is 3.68. The number of hydrogen-bond donors (Lipinski definition) is 1. The summed E-state index contributed by atoms with van der Waals surface area (Å²) in [6, 6.07) is 8.83. The molecule has 7 heteroatoms. The number of aromatic nitrogens is 4. The van der Waals surface area contributed by atoms with Gasteiger partial charge in [0, 0.05) is 35.6 Å². The minimum absolute atomic E-state index is 0.307. The molecule has 1 atom stereocenters. The fourth-order valence-electron chi connectivity index (χ4n) is 3.56. The summed E-state index contributed by atoms with van der Waals surface area (Å²) in [5, 5.41) is 6.83. The number of anilines is 1. The fourth-order valence-corrected chi connectivity index (χ4v) is 3.56. The van der Waals surface area contributed by atoms with Crippen molar-refractivity contribution in [3.8, 4) is 11.1 Å². The van der Waals surface area contributed by atoms with Crippen LogP contribution in [-0.4, -0.2) is 26.7 Å². The molecular formula is C22H21F2N5. The van der Waals surface area contributed by atoms with Crippen LogP contribution in [0.25, 0.3) is 22.2 Å². The van der Waals surface area contributed by atoms with E-state index >= 15 is 0 Å². The van der Waals surface area contributed by atoms with Crippen LogP contribution in [0, 0.1) is 11.6 Å². The Morgan fingerprint density at radius 3 is 2.76 bits per heavy atom. The number of hydrogen-bond acceptors (Lipinski definition) is 4. The molecule has 0 amide bonds. The summed E-state index contributed by atoms with van der Waals surface area (Å²) >= 11 is 0. The largest absolute Gasteiger partial charge is 0.350 e. The van der Waals surface area contributed by atoms with Crippen molar-refractivity contribution in [3.63, 3.8) is 0 Å². The van der Waals surface area contributed by atoms with E-state index in [0.717, 1.165) is 34.6 Å². The molecule has 0 bridgehead atoms. The summed E-state index contributed by atoms with van der Waals surface area (Å²) in [6.45, 7) is 4.55. The molecule has 0 saturated heterocycles. The molecule has 0 aliphatic heterocycles.